The molecule has 1 N–H and O–H groups in total. The van der Waals surface area contributed by atoms with Crippen LogP contribution in [-0.2, 0) is 19.4 Å². The number of thiophene rings is 1. The lowest BCUT2D eigenvalue weighted by Crippen LogP contribution is -2.15. The van der Waals surface area contributed by atoms with Gasteiger partial charge in [0.1, 0.15) is 14.8 Å². The number of esters is 1. The van der Waals surface area contributed by atoms with Crippen molar-refractivity contribution < 1.29 is 22.7 Å². The molecule has 0 saturated carbocycles. The molecule has 1 rings (SSSR count). The van der Waals surface area contributed by atoms with Gasteiger partial charge in [0.15, 0.2) is 0 Å². The number of anilines is 1. The van der Waals surface area contributed by atoms with Crippen LogP contribution in [0.1, 0.15) is 40.6 Å². The second-order valence-corrected chi connectivity index (χ2v) is 8.47. The highest BCUT2D eigenvalue weighted by Crippen LogP contribution is 2.33. The smallest absolute Gasteiger partial charge is 0.341 e. The molecule has 8 heteroatoms. The van der Waals surface area contributed by atoms with Gasteiger partial charge in [0.2, 0.25) is 5.91 Å². The molecular formula is C14H21NO5S2. The van der Waals surface area contributed by atoms with Crippen LogP contribution in [0.3, 0.4) is 0 Å². The van der Waals surface area contributed by atoms with Crippen LogP contribution in [0.25, 0.3) is 0 Å². The Morgan fingerprint density at radius 1 is 1.27 bits per heavy atom. The number of ether oxygens (including phenoxy) is 1. The molecule has 1 amide bonds. The van der Waals surface area contributed by atoms with E-state index in [1.807, 2.05) is 6.92 Å². The second-order valence-electron chi connectivity index (χ2n) is 4.99. The third-order valence-corrected chi connectivity index (χ3v) is 5.19. The van der Waals surface area contributed by atoms with Gasteiger partial charge in [-0.15, -0.1) is 11.3 Å². The quantitative estimate of drug-likeness (QED) is 0.765. The highest BCUT2D eigenvalue weighted by molar-refractivity contribution is 7.90. The fraction of sp³-hybridized carbons (Fsp3) is 0.571. The van der Waals surface area contributed by atoms with E-state index in [0.29, 0.717) is 10.6 Å². The predicted octanol–water partition coefficient (Wildman–Crippen LogP) is 2.30. The fourth-order valence-corrected chi connectivity index (χ4v) is 3.58. The molecule has 1 aromatic heterocycles. The summed E-state index contributed by atoms with van der Waals surface area (Å²) in [5.41, 5.74) is 1.16. The zero-order valence-corrected chi connectivity index (χ0v) is 14.8. The average molecular weight is 347 g/mol. The summed E-state index contributed by atoms with van der Waals surface area (Å²) in [6, 6.07) is 0. The number of hydrogen-bond donors (Lipinski definition) is 1. The number of carbonyl (C=O) groups is 2. The molecule has 0 aliphatic heterocycles. The Morgan fingerprint density at radius 2 is 1.91 bits per heavy atom. The number of nitrogens with one attached hydrogen (secondary N) is 1. The summed E-state index contributed by atoms with van der Waals surface area (Å²) in [5.74, 6) is -0.806. The zero-order chi connectivity index (χ0) is 16.9. The van der Waals surface area contributed by atoms with Gasteiger partial charge in [0, 0.05) is 17.6 Å². The first-order chi connectivity index (χ1) is 10.2. The molecule has 0 aliphatic rings. The van der Waals surface area contributed by atoms with Crippen molar-refractivity contribution in [3.63, 3.8) is 0 Å². The molecule has 1 aromatic rings. The van der Waals surface area contributed by atoms with Crippen molar-refractivity contribution in [3.8, 4) is 0 Å². The Balaban J connectivity index is 2.78. The van der Waals surface area contributed by atoms with Crippen molar-refractivity contribution in [2.24, 2.45) is 0 Å². The van der Waals surface area contributed by atoms with E-state index in [4.69, 9.17) is 4.74 Å². The van der Waals surface area contributed by atoms with Crippen molar-refractivity contribution in [3.05, 3.63) is 16.0 Å². The van der Waals surface area contributed by atoms with Crippen molar-refractivity contribution in [2.45, 2.75) is 33.6 Å². The number of hydrogen-bond acceptors (Lipinski definition) is 6. The monoisotopic (exact) mass is 347 g/mol. The Morgan fingerprint density at radius 3 is 2.45 bits per heavy atom. The molecule has 0 saturated heterocycles. The summed E-state index contributed by atoms with van der Waals surface area (Å²) in [5, 5.41) is 3.14. The van der Waals surface area contributed by atoms with E-state index in [2.05, 4.69) is 5.32 Å². The van der Waals surface area contributed by atoms with Gasteiger partial charge in [0.25, 0.3) is 0 Å². The number of amides is 1. The highest BCUT2D eigenvalue weighted by atomic mass is 32.2. The number of rotatable bonds is 7. The molecule has 6 nitrogen and oxygen atoms in total. The van der Waals surface area contributed by atoms with Crippen LogP contribution in [0.15, 0.2) is 0 Å². The number of carbonyl (C=O) groups excluding carboxylic acids is 2. The SMILES string of the molecule is CCOC(=O)c1c(NC(=O)CCCS(C)(=O)=O)sc(C)c1C. The summed E-state index contributed by atoms with van der Waals surface area (Å²) >= 11 is 1.31. The van der Waals surface area contributed by atoms with E-state index in [-0.39, 0.29) is 31.1 Å². The Hall–Kier alpha value is -1.41. The van der Waals surface area contributed by atoms with Crippen molar-refractivity contribution >= 4 is 38.1 Å². The average Bonchev–Trinajstić information content (AvgIpc) is 2.63. The van der Waals surface area contributed by atoms with Crippen LogP contribution >= 0.6 is 11.3 Å². The second kappa shape index (κ2) is 7.73. The maximum atomic E-state index is 12.0. The van der Waals surface area contributed by atoms with Crippen LogP contribution in [0.4, 0.5) is 5.00 Å². The van der Waals surface area contributed by atoms with Crippen LogP contribution in [0.5, 0.6) is 0 Å². The minimum Gasteiger partial charge on any atom is -0.462 e. The van der Waals surface area contributed by atoms with Gasteiger partial charge in [-0.2, -0.15) is 0 Å². The van der Waals surface area contributed by atoms with Crippen molar-refractivity contribution in [1.82, 2.24) is 0 Å². The van der Waals surface area contributed by atoms with Gasteiger partial charge >= 0.3 is 5.97 Å². The molecular weight excluding hydrogens is 326 g/mol. The molecule has 0 spiro atoms. The number of aryl methyl sites for hydroxylation is 1. The molecule has 0 aliphatic carbocycles. The van der Waals surface area contributed by atoms with E-state index < -0.39 is 15.8 Å². The molecule has 0 atom stereocenters. The number of sulfone groups is 1. The fourth-order valence-electron chi connectivity index (χ4n) is 1.85. The highest BCUT2D eigenvalue weighted by Gasteiger charge is 2.22. The van der Waals surface area contributed by atoms with E-state index in [9.17, 15) is 18.0 Å². The van der Waals surface area contributed by atoms with E-state index >= 15 is 0 Å². The first-order valence-corrected chi connectivity index (χ1v) is 9.78. The van der Waals surface area contributed by atoms with Crippen LogP contribution < -0.4 is 5.32 Å². The van der Waals surface area contributed by atoms with Gasteiger partial charge < -0.3 is 10.1 Å². The predicted molar refractivity (Wildman–Crippen MR) is 87.3 cm³/mol. The Bertz CT molecular complexity index is 661. The third-order valence-electron chi connectivity index (χ3n) is 3.04. The molecule has 0 aromatic carbocycles. The largest absolute Gasteiger partial charge is 0.462 e. The summed E-state index contributed by atoms with van der Waals surface area (Å²) in [7, 11) is -3.08. The molecule has 0 unspecified atom stereocenters. The van der Waals surface area contributed by atoms with E-state index in [1.54, 1.807) is 13.8 Å². The van der Waals surface area contributed by atoms with E-state index in [0.717, 1.165) is 16.7 Å². The topological polar surface area (TPSA) is 89.5 Å². The van der Waals surface area contributed by atoms with Gasteiger partial charge in [0.05, 0.1) is 17.9 Å². The molecule has 0 radical (unpaired) electrons. The molecule has 0 bridgehead atoms. The maximum absolute atomic E-state index is 12.0. The maximum Gasteiger partial charge on any atom is 0.341 e. The van der Waals surface area contributed by atoms with Crippen LogP contribution in [0.2, 0.25) is 0 Å². The summed E-state index contributed by atoms with van der Waals surface area (Å²) in [6.45, 7) is 5.64. The normalized spacial score (nSPS) is 11.3. The minimum atomic E-state index is -3.08. The molecule has 124 valence electrons. The summed E-state index contributed by atoms with van der Waals surface area (Å²) in [6.07, 6.45) is 1.48. The van der Waals surface area contributed by atoms with Gasteiger partial charge in [-0.3, -0.25) is 4.79 Å². The minimum absolute atomic E-state index is 0.0341. The standard InChI is InChI=1S/C14H21NO5S2/c1-5-20-14(17)12-9(2)10(3)21-13(12)15-11(16)7-6-8-22(4,18)19/h5-8H2,1-4H3,(H,15,16). The van der Waals surface area contributed by atoms with Crippen molar-refractivity contribution in [1.29, 1.82) is 0 Å². The Labute approximate surface area is 134 Å². The third kappa shape index (κ3) is 5.42. The van der Waals surface area contributed by atoms with E-state index in [1.165, 1.54) is 11.3 Å². The van der Waals surface area contributed by atoms with Gasteiger partial charge in [-0.05, 0) is 32.8 Å². The first-order valence-electron chi connectivity index (χ1n) is 6.90. The summed E-state index contributed by atoms with van der Waals surface area (Å²) in [4.78, 5) is 24.8. The zero-order valence-electron chi connectivity index (χ0n) is 13.2. The molecule has 1 heterocycles. The van der Waals surface area contributed by atoms with Crippen molar-refractivity contribution in [2.75, 3.05) is 23.9 Å². The molecule has 22 heavy (non-hydrogen) atoms. The lowest BCUT2D eigenvalue weighted by molar-refractivity contribution is -0.116. The first kappa shape index (κ1) is 18.6. The summed E-state index contributed by atoms with van der Waals surface area (Å²) < 4.78 is 27.1. The van der Waals surface area contributed by atoms with Gasteiger partial charge in [-0.1, -0.05) is 0 Å². The van der Waals surface area contributed by atoms with Crippen LogP contribution in [-0.4, -0.2) is 38.9 Å². The van der Waals surface area contributed by atoms with Gasteiger partial charge in [-0.25, -0.2) is 13.2 Å². The molecule has 0 fully saturated rings. The Kier molecular flexibility index (Phi) is 6.55. The lowest BCUT2D eigenvalue weighted by atomic mass is 10.1. The van der Waals surface area contributed by atoms with Crippen LogP contribution in [0, 0.1) is 13.8 Å². The lowest BCUT2D eigenvalue weighted by Gasteiger charge is -2.07.